The van der Waals surface area contributed by atoms with Crippen LogP contribution in [0.2, 0.25) is 5.02 Å². The molecule has 1 aromatic carbocycles. The standard InChI is InChI=1S/C22H27ClN4O/c1-16-13-18(7-8-20(16)26-9-5-6-10-26)25-21-19(23)14-17(15-24-21)22(28)27-11-3-2-4-12-27/h7-8,13-15H,2-6,9-12H2,1H3,(H,24,25). The average molecular weight is 399 g/mol. The first kappa shape index (κ1) is 19.1. The number of aryl methyl sites for hydroxylation is 1. The fraction of sp³-hybridized carbons (Fsp3) is 0.455. The Balaban J connectivity index is 1.47. The molecule has 2 aliphatic heterocycles. The number of nitrogens with one attached hydrogen (secondary N) is 1. The predicted molar refractivity (Wildman–Crippen MR) is 115 cm³/mol. The Morgan fingerprint density at radius 1 is 1.04 bits per heavy atom. The van der Waals surface area contributed by atoms with Crippen molar-refractivity contribution in [3.05, 3.63) is 46.6 Å². The van der Waals surface area contributed by atoms with Crippen LogP contribution in [0, 0.1) is 6.92 Å². The van der Waals surface area contributed by atoms with E-state index in [1.807, 2.05) is 4.90 Å². The van der Waals surface area contributed by atoms with Gasteiger partial charge in [0.25, 0.3) is 5.91 Å². The van der Waals surface area contributed by atoms with Gasteiger partial charge in [-0.15, -0.1) is 0 Å². The van der Waals surface area contributed by atoms with E-state index in [1.54, 1.807) is 12.3 Å². The van der Waals surface area contributed by atoms with Gasteiger partial charge < -0.3 is 15.1 Å². The lowest BCUT2D eigenvalue weighted by molar-refractivity contribution is 0.0724. The lowest BCUT2D eigenvalue weighted by Gasteiger charge is -2.26. The Morgan fingerprint density at radius 2 is 1.75 bits per heavy atom. The van der Waals surface area contributed by atoms with E-state index in [4.69, 9.17) is 11.6 Å². The Labute approximate surface area is 171 Å². The van der Waals surface area contributed by atoms with Crippen LogP contribution in [0.4, 0.5) is 17.2 Å². The van der Waals surface area contributed by atoms with Crippen LogP contribution in [0.15, 0.2) is 30.5 Å². The van der Waals surface area contributed by atoms with E-state index in [2.05, 4.69) is 40.3 Å². The molecule has 148 valence electrons. The number of carbonyl (C=O) groups excluding carboxylic acids is 1. The first-order chi connectivity index (χ1) is 13.6. The van der Waals surface area contributed by atoms with Crippen LogP contribution >= 0.6 is 11.6 Å². The number of pyridine rings is 1. The van der Waals surface area contributed by atoms with Crippen molar-refractivity contribution < 1.29 is 4.79 Å². The molecule has 5 nitrogen and oxygen atoms in total. The van der Waals surface area contributed by atoms with Crippen molar-refractivity contribution in [3.8, 4) is 0 Å². The summed E-state index contributed by atoms with van der Waals surface area (Å²) in [5.41, 5.74) is 4.03. The summed E-state index contributed by atoms with van der Waals surface area (Å²) in [4.78, 5) is 21.4. The molecule has 2 aliphatic rings. The molecule has 0 spiro atoms. The van der Waals surface area contributed by atoms with Gasteiger partial charge in [-0.1, -0.05) is 11.6 Å². The second-order valence-electron chi connectivity index (χ2n) is 7.73. The van der Waals surface area contributed by atoms with Crippen molar-refractivity contribution >= 4 is 34.7 Å². The fourth-order valence-electron chi connectivity index (χ4n) is 4.11. The van der Waals surface area contributed by atoms with Crippen LogP contribution in [0.1, 0.15) is 48.0 Å². The molecule has 0 aliphatic carbocycles. The minimum atomic E-state index is 0.0199. The summed E-state index contributed by atoms with van der Waals surface area (Å²) < 4.78 is 0. The molecule has 6 heteroatoms. The molecule has 0 saturated carbocycles. The van der Waals surface area contributed by atoms with Crippen LogP contribution < -0.4 is 10.2 Å². The smallest absolute Gasteiger partial charge is 0.255 e. The molecule has 1 N–H and O–H groups in total. The molecule has 2 saturated heterocycles. The molecular formula is C22H27ClN4O. The number of nitrogens with zero attached hydrogens (tertiary/aromatic N) is 3. The number of hydrogen-bond acceptors (Lipinski definition) is 4. The molecule has 2 fully saturated rings. The predicted octanol–water partition coefficient (Wildman–Crippen LogP) is 5.01. The van der Waals surface area contributed by atoms with Crippen molar-refractivity contribution in [3.63, 3.8) is 0 Å². The maximum atomic E-state index is 12.6. The van der Waals surface area contributed by atoms with Crippen LogP contribution in [-0.2, 0) is 0 Å². The number of carbonyl (C=O) groups is 1. The lowest BCUT2D eigenvalue weighted by Crippen LogP contribution is -2.35. The zero-order chi connectivity index (χ0) is 19.5. The second kappa shape index (κ2) is 8.39. The number of amides is 1. The highest BCUT2D eigenvalue weighted by Crippen LogP contribution is 2.30. The maximum Gasteiger partial charge on any atom is 0.255 e. The number of halogens is 1. The highest BCUT2D eigenvalue weighted by atomic mass is 35.5. The number of hydrogen-bond donors (Lipinski definition) is 1. The van der Waals surface area contributed by atoms with Gasteiger partial charge in [-0.2, -0.15) is 0 Å². The minimum Gasteiger partial charge on any atom is -0.371 e. The summed E-state index contributed by atoms with van der Waals surface area (Å²) in [6, 6.07) is 8.06. The maximum absolute atomic E-state index is 12.6. The van der Waals surface area contributed by atoms with Crippen molar-refractivity contribution in [1.82, 2.24) is 9.88 Å². The Bertz CT molecular complexity index is 858. The van der Waals surface area contributed by atoms with Gasteiger partial charge in [0.15, 0.2) is 0 Å². The SMILES string of the molecule is Cc1cc(Nc2ncc(C(=O)N3CCCCC3)cc2Cl)ccc1N1CCCC1. The van der Waals surface area contributed by atoms with Gasteiger partial charge in [0.05, 0.1) is 10.6 Å². The molecule has 0 radical (unpaired) electrons. The topological polar surface area (TPSA) is 48.5 Å². The summed E-state index contributed by atoms with van der Waals surface area (Å²) in [6.07, 6.45) is 7.49. The molecule has 1 aromatic heterocycles. The second-order valence-corrected chi connectivity index (χ2v) is 8.13. The Kier molecular flexibility index (Phi) is 5.72. The van der Waals surface area contributed by atoms with Crippen LogP contribution in [0.3, 0.4) is 0 Å². The van der Waals surface area contributed by atoms with Gasteiger partial charge >= 0.3 is 0 Å². The third-order valence-corrected chi connectivity index (χ3v) is 5.93. The number of rotatable bonds is 4. The average Bonchev–Trinajstić information content (AvgIpc) is 3.24. The van der Waals surface area contributed by atoms with E-state index in [9.17, 15) is 4.79 Å². The molecule has 0 bridgehead atoms. The van der Waals surface area contributed by atoms with Gasteiger partial charge in [0, 0.05) is 43.8 Å². The van der Waals surface area contributed by atoms with Gasteiger partial charge in [-0.05, 0) is 68.9 Å². The summed E-state index contributed by atoms with van der Waals surface area (Å²) >= 11 is 6.43. The monoisotopic (exact) mass is 398 g/mol. The molecular weight excluding hydrogens is 372 g/mol. The zero-order valence-corrected chi connectivity index (χ0v) is 17.1. The molecule has 3 heterocycles. The van der Waals surface area contributed by atoms with Gasteiger partial charge in [-0.3, -0.25) is 4.79 Å². The van der Waals surface area contributed by atoms with Gasteiger partial charge in [0.2, 0.25) is 0 Å². The zero-order valence-electron chi connectivity index (χ0n) is 16.4. The van der Waals surface area contributed by atoms with Crippen LogP contribution in [0.25, 0.3) is 0 Å². The summed E-state index contributed by atoms with van der Waals surface area (Å²) in [7, 11) is 0. The van der Waals surface area contributed by atoms with Gasteiger partial charge in [-0.25, -0.2) is 4.98 Å². The Morgan fingerprint density at radius 3 is 2.43 bits per heavy atom. The minimum absolute atomic E-state index is 0.0199. The van der Waals surface area contributed by atoms with Crippen molar-refractivity contribution in [2.45, 2.75) is 39.0 Å². The quantitative estimate of drug-likeness (QED) is 0.786. The van der Waals surface area contributed by atoms with E-state index in [0.717, 1.165) is 44.7 Å². The largest absolute Gasteiger partial charge is 0.371 e. The number of benzene rings is 1. The number of piperidine rings is 1. The lowest BCUT2D eigenvalue weighted by atomic mass is 10.1. The fourth-order valence-corrected chi connectivity index (χ4v) is 4.32. The first-order valence-corrected chi connectivity index (χ1v) is 10.6. The van der Waals surface area contributed by atoms with Crippen molar-refractivity contribution in [2.24, 2.45) is 0 Å². The Hall–Kier alpha value is -2.27. The van der Waals surface area contributed by atoms with E-state index in [1.165, 1.54) is 30.5 Å². The number of likely N-dealkylation sites (tertiary alicyclic amines) is 1. The molecule has 0 unspecified atom stereocenters. The van der Waals surface area contributed by atoms with E-state index in [-0.39, 0.29) is 5.91 Å². The van der Waals surface area contributed by atoms with Gasteiger partial charge in [0.1, 0.15) is 5.82 Å². The van der Waals surface area contributed by atoms with E-state index in [0.29, 0.717) is 16.4 Å². The highest BCUT2D eigenvalue weighted by Gasteiger charge is 2.20. The molecule has 1 amide bonds. The summed E-state index contributed by atoms with van der Waals surface area (Å²) in [6.45, 7) is 6.04. The van der Waals surface area contributed by atoms with E-state index >= 15 is 0 Å². The third kappa shape index (κ3) is 4.09. The summed E-state index contributed by atoms with van der Waals surface area (Å²) in [5.74, 6) is 0.594. The first-order valence-electron chi connectivity index (χ1n) is 10.2. The molecule has 28 heavy (non-hydrogen) atoms. The normalized spacial score (nSPS) is 17.1. The third-order valence-electron chi connectivity index (χ3n) is 5.64. The molecule has 0 atom stereocenters. The highest BCUT2D eigenvalue weighted by molar-refractivity contribution is 6.33. The van der Waals surface area contributed by atoms with Crippen molar-refractivity contribution in [1.29, 1.82) is 0 Å². The van der Waals surface area contributed by atoms with Crippen LogP contribution in [0.5, 0.6) is 0 Å². The van der Waals surface area contributed by atoms with E-state index < -0.39 is 0 Å². The van der Waals surface area contributed by atoms with Crippen LogP contribution in [-0.4, -0.2) is 42.0 Å². The molecule has 4 rings (SSSR count). The number of aromatic nitrogens is 1. The molecule has 2 aromatic rings. The number of anilines is 3. The van der Waals surface area contributed by atoms with Crippen molar-refractivity contribution in [2.75, 3.05) is 36.4 Å². The summed E-state index contributed by atoms with van der Waals surface area (Å²) in [5, 5.41) is 3.75.